The SMILES string of the molecule is Cc1ccc(C(=O)CCC(=O)NC2CCCC(C(F)(F)F)C2)s1. The van der Waals surface area contributed by atoms with Crippen LogP contribution in [-0.4, -0.2) is 23.9 Å². The summed E-state index contributed by atoms with van der Waals surface area (Å²) in [5.74, 6) is -1.79. The average Bonchev–Trinajstić information content (AvgIpc) is 2.91. The molecular weight excluding hydrogens is 327 g/mol. The molecule has 1 aliphatic rings. The molecule has 0 radical (unpaired) electrons. The van der Waals surface area contributed by atoms with Gasteiger partial charge in [-0.1, -0.05) is 6.42 Å². The highest BCUT2D eigenvalue weighted by Crippen LogP contribution is 2.37. The highest BCUT2D eigenvalue weighted by molar-refractivity contribution is 7.14. The van der Waals surface area contributed by atoms with Gasteiger partial charge in [0.05, 0.1) is 10.8 Å². The number of ketones is 1. The molecule has 1 heterocycles. The first kappa shape index (κ1) is 18.0. The first-order valence-electron chi connectivity index (χ1n) is 7.71. The molecule has 1 amide bonds. The maximum Gasteiger partial charge on any atom is 0.391 e. The topological polar surface area (TPSA) is 46.2 Å². The maximum atomic E-state index is 12.7. The molecule has 2 rings (SSSR count). The van der Waals surface area contributed by atoms with Gasteiger partial charge in [0, 0.05) is 23.8 Å². The Bertz CT molecular complexity index is 568. The fourth-order valence-corrected chi connectivity index (χ4v) is 3.69. The van der Waals surface area contributed by atoms with Gasteiger partial charge in [0.15, 0.2) is 5.78 Å². The van der Waals surface area contributed by atoms with E-state index < -0.39 is 18.1 Å². The van der Waals surface area contributed by atoms with Crippen molar-refractivity contribution in [3.8, 4) is 0 Å². The molecule has 0 aromatic carbocycles. The standard InChI is InChI=1S/C16H20F3NO2S/c1-10-5-7-14(23-10)13(21)6-8-15(22)20-12-4-2-3-11(9-12)16(17,18)19/h5,7,11-12H,2-4,6,8-9H2,1H3,(H,20,22). The fraction of sp³-hybridized carbons (Fsp3) is 0.625. The van der Waals surface area contributed by atoms with E-state index in [1.54, 1.807) is 6.07 Å². The summed E-state index contributed by atoms with van der Waals surface area (Å²) in [4.78, 5) is 25.4. The number of aryl methyl sites for hydroxylation is 1. The quantitative estimate of drug-likeness (QED) is 0.809. The summed E-state index contributed by atoms with van der Waals surface area (Å²) in [6.07, 6.45) is -3.00. The second-order valence-electron chi connectivity index (χ2n) is 6.00. The number of amides is 1. The van der Waals surface area contributed by atoms with Crippen LogP contribution in [0.4, 0.5) is 13.2 Å². The van der Waals surface area contributed by atoms with E-state index in [0.29, 0.717) is 17.7 Å². The van der Waals surface area contributed by atoms with E-state index in [-0.39, 0.29) is 37.4 Å². The van der Waals surface area contributed by atoms with Crippen LogP contribution in [0.5, 0.6) is 0 Å². The van der Waals surface area contributed by atoms with E-state index in [1.807, 2.05) is 13.0 Å². The van der Waals surface area contributed by atoms with Crippen LogP contribution in [0.2, 0.25) is 0 Å². The third-order valence-corrected chi connectivity index (χ3v) is 5.14. The second kappa shape index (κ2) is 7.47. The number of carbonyl (C=O) groups excluding carboxylic acids is 2. The van der Waals surface area contributed by atoms with Gasteiger partial charge in [-0.3, -0.25) is 9.59 Å². The Morgan fingerprint density at radius 1 is 1.26 bits per heavy atom. The molecule has 1 fully saturated rings. The van der Waals surface area contributed by atoms with E-state index in [0.717, 1.165) is 4.88 Å². The van der Waals surface area contributed by atoms with Crippen LogP contribution in [0.3, 0.4) is 0 Å². The van der Waals surface area contributed by atoms with Gasteiger partial charge in [-0.25, -0.2) is 0 Å². The van der Waals surface area contributed by atoms with Crippen molar-refractivity contribution in [2.45, 2.75) is 57.7 Å². The molecule has 0 aliphatic heterocycles. The van der Waals surface area contributed by atoms with Crippen molar-refractivity contribution < 1.29 is 22.8 Å². The number of nitrogens with one attached hydrogen (secondary N) is 1. The first-order chi connectivity index (χ1) is 10.8. The molecule has 2 atom stereocenters. The number of hydrogen-bond acceptors (Lipinski definition) is 3. The third kappa shape index (κ3) is 5.34. The highest BCUT2D eigenvalue weighted by atomic mass is 32.1. The Hall–Kier alpha value is -1.37. The van der Waals surface area contributed by atoms with Crippen molar-refractivity contribution in [2.24, 2.45) is 5.92 Å². The van der Waals surface area contributed by atoms with Gasteiger partial charge in [0.2, 0.25) is 5.91 Å². The number of halogens is 3. The number of Topliss-reactive ketones (excluding diaryl/α,β-unsaturated/α-hetero) is 1. The van der Waals surface area contributed by atoms with Crippen molar-refractivity contribution in [3.63, 3.8) is 0 Å². The fourth-order valence-electron chi connectivity index (χ4n) is 2.85. The van der Waals surface area contributed by atoms with Crippen molar-refractivity contribution in [3.05, 3.63) is 21.9 Å². The Balaban J connectivity index is 1.77. The lowest BCUT2D eigenvalue weighted by Gasteiger charge is -2.31. The summed E-state index contributed by atoms with van der Waals surface area (Å²) in [5, 5.41) is 2.65. The molecule has 2 unspecified atom stereocenters. The van der Waals surface area contributed by atoms with Gasteiger partial charge in [-0.15, -0.1) is 11.3 Å². The number of rotatable bonds is 5. The van der Waals surface area contributed by atoms with E-state index in [1.165, 1.54) is 11.3 Å². The van der Waals surface area contributed by atoms with E-state index in [4.69, 9.17) is 0 Å². The smallest absolute Gasteiger partial charge is 0.353 e. The number of carbonyl (C=O) groups is 2. The summed E-state index contributed by atoms with van der Waals surface area (Å²) in [7, 11) is 0. The molecule has 1 N–H and O–H groups in total. The molecule has 0 spiro atoms. The normalized spacial score (nSPS) is 21.9. The Labute approximate surface area is 137 Å². The van der Waals surface area contributed by atoms with Crippen LogP contribution >= 0.6 is 11.3 Å². The van der Waals surface area contributed by atoms with Gasteiger partial charge in [0.1, 0.15) is 0 Å². The van der Waals surface area contributed by atoms with Crippen molar-refractivity contribution in [2.75, 3.05) is 0 Å². The van der Waals surface area contributed by atoms with Crippen LogP contribution in [0.25, 0.3) is 0 Å². The number of thiophene rings is 1. The molecule has 7 heteroatoms. The molecular formula is C16H20F3NO2S. The highest BCUT2D eigenvalue weighted by Gasteiger charge is 2.42. The van der Waals surface area contributed by atoms with E-state index in [2.05, 4.69) is 5.32 Å². The lowest BCUT2D eigenvalue weighted by molar-refractivity contribution is -0.184. The van der Waals surface area contributed by atoms with Crippen LogP contribution in [0.1, 0.15) is 53.1 Å². The third-order valence-electron chi connectivity index (χ3n) is 4.10. The Morgan fingerprint density at radius 2 is 2.00 bits per heavy atom. The van der Waals surface area contributed by atoms with Crippen LogP contribution in [0, 0.1) is 12.8 Å². The van der Waals surface area contributed by atoms with Gasteiger partial charge in [-0.2, -0.15) is 13.2 Å². The van der Waals surface area contributed by atoms with Gasteiger partial charge >= 0.3 is 6.18 Å². The summed E-state index contributed by atoms with van der Waals surface area (Å²) in [6, 6.07) is 3.13. The summed E-state index contributed by atoms with van der Waals surface area (Å²) >= 11 is 1.38. The first-order valence-corrected chi connectivity index (χ1v) is 8.53. The molecule has 1 saturated carbocycles. The molecule has 0 saturated heterocycles. The minimum absolute atomic E-state index is 0.0168. The van der Waals surface area contributed by atoms with Gasteiger partial charge in [-0.05, 0) is 38.3 Å². The molecule has 1 aliphatic carbocycles. The second-order valence-corrected chi connectivity index (χ2v) is 7.29. The van der Waals surface area contributed by atoms with Crippen molar-refractivity contribution in [1.82, 2.24) is 5.32 Å². The lowest BCUT2D eigenvalue weighted by atomic mass is 9.85. The van der Waals surface area contributed by atoms with Crippen LogP contribution in [-0.2, 0) is 4.79 Å². The molecule has 0 bridgehead atoms. The zero-order chi connectivity index (χ0) is 17.0. The molecule has 3 nitrogen and oxygen atoms in total. The summed E-state index contributed by atoms with van der Waals surface area (Å²) < 4.78 is 38.2. The molecule has 1 aromatic rings. The Morgan fingerprint density at radius 3 is 2.61 bits per heavy atom. The Kier molecular flexibility index (Phi) is 5.84. The zero-order valence-electron chi connectivity index (χ0n) is 12.9. The minimum Gasteiger partial charge on any atom is -0.353 e. The minimum atomic E-state index is -4.20. The monoisotopic (exact) mass is 347 g/mol. The number of alkyl halides is 3. The largest absolute Gasteiger partial charge is 0.391 e. The predicted molar refractivity (Wildman–Crippen MR) is 82.6 cm³/mol. The zero-order valence-corrected chi connectivity index (χ0v) is 13.7. The molecule has 23 heavy (non-hydrogen) atoms. The van der Waals surface area contributed by atoms with Crippen molar-refractivity contribution >= 4 is 23.0 Å². The van der Waals surface area contributed by atoms with E-state index >= 15 is 0 Å². The average molecular weight is 347 g/mol. The predicted octanol–water partition coefficient (Wildman–Crippen LogP) is 4.26. The summed E-state index contributed by atoms with van der Waals surface area (Å²) in [5.41, 5.74) is 0. The molecule has 1 aromatic heterocycles. The molecule has 128 valence electrons. The van der Waals surface area contributed by atoms with Crippen LogP contribution < -0.4 is 5.32 Å². The van der Waals surface area contributed by atoms with E-state index in [9.17, 15) is 22.8 Å². The maximum absolute atomic E-state index is 12.7. The van der Waals surface area contributed by atoms with Gasteiger partial charge in [0.25, 0.3) is 0 Å². The van der Waals surface area contributed by atoms with Gasteiger partial charge < -0.3 is 5.32 Å². The summed E-state index contributed by atoms with van der Waals surface area (Å²) in [6.45, 7) is 1.90. The van der Waals surface area contributed by atoms with Crippen molar-refractivity contribution in [1.29, 1.82) is 0 Å². The van der Waals surface area contributed by atoms with Crippen LogP contribution in [0.15, 0.2) is 12.1 Å². The lowest BCUT2D eigenvalue weighted by Crippen LogP contribution is -2.41. The number of hydrogen-bond donors (Lipinski definition) is 1.